The minimum absolute atomic E-state index is 0.0175. The van der Waals surface area contributed by atoms with E-state index >= 15 is 0 Å². The molecule has 0 spiro atoms. The van der Waals surface area contributed by atoms with Crippen molar-refractivity contribution in [3.63, 3.8) is 0 Å². The predicted octanol–water partition coefficient (Wildman–Crippen LogP) is 3.37. The molecule has 5 heteroatoms. The molecule has 1 atom stereocenters. The average molecular weight is 341 g/mol. The molecular formula is C20H27N3O2. The molecule has 1 aromatic carbocycles. The highest BCUT2D eigenvalue weighted by atomic mass is 16.3. The Kier molecular flexibility index (Phi) is 4.95. The van der Waals surface area contributed by atoms with Crippen molar-refractivity contribution < 1.29 is 9.90 Å². The van der Waals surface area contributed by atoms with Crippen LogP contribution in [0.4, 0.5) is 0 Å². The smallest absolute Gasteiger partial charge is 0.272 e. The zero-order chi connectivity index (χ0) is 18.0. The summed E-state index contributed by atoms with van der Waals surface area (Å²) in [6.07, 6.45) is 2.81. The molecule has 1 unspecified atom stereocenters. The van der Waals surface area contributed by atoms with Gasteiger partial charge in [-0.3, -0.25) is 9.48 Å². The van der Waals surface area contributed by atoms with Gasteiger partial charge in [0.25, 0.3) is 5.91 Å². The number of aromatic nitrogens is 2. The molecule has 0 bridgehead atoms. The van der Waals surface area contributed by atoms with E-state index in [1.54, 1.807) is 0 Å². The molecular weight excluding hydrogens is 314 g/mol. The van der Waals surface area contributed by atoms with E-state index in [-0.39, 0.29) is 24.1 Å². The standard InChI is InChI=1S/C20H27N3O2/c1-20(2,3)23-18(15-9-10-15)13-17(22-23)19(25)21-16(11-12-24)14-7-5-4-6-8-14/h4-8,13,15-16,24H,9-12H2,1-3H3,(H,21,25). The van der Waals surface area contributed by atoms with E-state index in [1.807, 2.05) is 41.1 Å². The number of carbonyl (C=O) groups excluding carboxylic acids is 1. The fraction of sp³-hybridized carbons (Fsp3) is 0.500. The minimum atomic E-state index is -0.220. The summed E-state index contributed by atoms with van der Waals surface area (Å²) in [4.78, 5) is 12.8. The van der Waals surface area contributed by atoms with Gasteiger partial charge in [0, 0.05) is 18.2 Å². The van der Waals surface area contributed by atoms with E-state index in [4.69, 9.17) is 0 Å². The second-order valence-corrected chi connectivity index (χ2v) is 7.76. The Morgan fingerprint density at radius 1 is 1.32 bits per heavy atom. The maximum absolute atomic E-state index is 12.8. The fourth-order valence-corrected chi connectivity index (χ4v) is 3.08. The number of hydrogen-bond donors (Lipinski definition) is 2. The second kappa shape index (κ2) is 7.00. The first-order chi connectivity index (χ1) is 11.9. The molecule has 0 saturated heterocycles. The van der Waals surface area contributed by atoms with Crippen LogP contribution in [0.1, 0.15) is 73.7 Å². The lowest BCUT2D eigenvalue weighted by molar-refractivity contribution is 0.0923. The summed E-state index contributed by atoms with van der Waals surface area (Å²) >= 11 is 0. The third kappa shape index (κ3) is 4.10. The summed E-state index contributed by atoms with van der Waals surface area (Å²) in [6.45, 7) is 6.33. The van der Waals surface area contributed by atoms with Crippen molar-refractivity contribution in [2.45, 2.75) is 57.5 Å². The monoisotopic (exact) mass is 341 g/mol. The van der Waals surface area contributed by atoms with Crippen molar-refractivity contribution >= 4 is 5.91 Å². The molecule has 1 aromatic heterocycles. The van der Waals surface area contributed by atoms with E-state index in [0.29, 0.717) is 18.0 Å². The van der Waals surface area contributed by atoms with Gasteiger partial charge in [0.1, 0.15) is 5.69 Å². The molecule has 25 heavy (non-hydrogen) atoms. The van der Waals surface area contributed by atoms with Crippen LogP contribution >= 0.6 is 0 Å². The zero-order valence-electron chi connectivity index (χ0n) is 15.2. The lowest BCUT2D eigenvalue weighted by atomic mass is 10.0. The van der Waals surface area contributed by atoms with E-state index in [0.717, 1.165) is 11.3 Å². The number of aliphatic hydroxyl groups is 1. The van der Waals surface area contributed by atoms with E-state index < -0.39 is 0 Å². The third-order valence-electron chi connectivity index (χ3n) is 4.53. The second-order valence-electron chi connectivity index (χ2n) is 7.76. The highest BCUT2D eigenvalue weighted by Crippen LogP contribution is 2.41. The highest BCUT2D eigenvalue weighted by molar-refractivity contribution is 5.92. The summed E-state index contributed by atoms with van der Waals surface area (Å²) in [5, 5.41) is 17.0. The number of carbonyl (C=O) groups is 1. The number of amides is 1. The van der Waals surface area contributed by atoms with Gasteiger partial charge in [-0.05, 0) is 51.7 Å². The molecule has 2 aromatic rings. The van der Waals surface area contributed by atoms with Crippen molar-refractivity contribution in [1.29, 1.82) is 0 Å². The van der Waals surface area contributed by atoms with Crippen LogP contribution in [0, 0.1) is 0 Å². The van der Waals surface area contributed by atoms with E-state index in [9.17, 15) is 9.90 Å². The Morgan fingerprint density at radius 2 is 2.00 bits per heavy atom. The molecule has 1 aliphatic rings. The Bertz CT molecular complexity index is 727. The van der Waals surface area contributed by atoms with Gasteiger partial charge in [-0.1, -0.05) is 30.3 Å². The van der Waals surface area contributed by atoms with Crippen LogP contribution in [0.5, 0.6) is 0 Å². The summed E-state index contributed by atoms with van der Waals surface area (Å²) < 4.78 is 1.99. The van der Waals surface area contributed by atoms with E-state index in [1.165, 1.54) is 12.8 Å². The molecule has 134 valence electrons. The van der Waals surface area contributed by atoms with Crippen molar-refractivity contribution in [2.75, 3.05) is 6.61 Å². The van der Waals surface area contributed by atoms with Gasteiger partial charge in [0.2, 0.25) is 0 Å². The van der Waals surface area contributed by atoms with E-state index in [2.05, 4.69) is 31.2 Å². The Morgan fingerprint density at radius 3 is 2.56 bits per heavy atom. The Balaban J connectivity index is 1.82. The normalized spacial score (nSPS) is 15.8. The summed E-state index contributed by atoms with van der Waals surface area (Å²) in [5.41, 5.74) is 2.44. The first-order valence-corrected chi connectivity index (χ1v) is 8.97. The number of nitrogens with zero attached hydrogens (tertiary/aromatic N) is 2. The molecule has 1 amide bonds. The number of benzene rings is 1. The molecule has 0 radical (unpaired) electrons. The van der Waals surface area contributed by atoms with Crippen molar-refractivity contribution in [3.05, 3.63) is 53.3 Å². The molecule has 5 nitrogen and oxygen atoms in total. The van der Waals surface area contributed by atoms with Crippen molar-refractivity contribution in [3.8, 4) is 0 Å². The lowest BCUT2D eigenvalue weighted by Gasteiger charge is -2.22. The van der Waals surface area contributed by atoms with Gasteiger partial charge < -0.3 is 10.4 Å². The largest absolute Gasteiger partial charge is 0.396 e. The van der Waals surface area contributed by atoms with Crippen molar-refractivity contribution in [1.82, 2.24) is 15.1 Å². The first kappa shape index (κ1) is 17.7. The topological polar surface area (TPSA) is 67.2 Å². The number of hydrogen-bond acceptors (Lipinski definition) is 3. The Labute approximate surface area is 149 Å². The molecule has 3 rings (SSSR count). The van der Waals surface area contributed by atoms with Crippen LogP contribution in [0.2, 0.25) is 0 Å². The van der Waals surface area contributed by atoms with Crippen LogP contribution in [0.15, 0.2) is 36.4 Å². The molecule has 1 heterocycles. The van der Waals surface area contributed by atoms with Gasteiger partial charge in [0.05, 0.1) is 11.6 Å². The number of rotatable bonds is 6. The van der Waals surface area contributed by atoms with Crippen LogP contribution in [0.25, 0.3) is 0 Å². The molecule has 2 N–H and O–H groups in total. The quantitative estimate of drug-likeness (QED) is 0.846. The van der Waals surface area contributed by atoms with Gasteiger partial charge >= 0.3 is 0 Å². The zero-order valence-corrected chi connectivity index (χ0v) is 15.2. The first-order valence-electron chi connectivity index (χ1n) is 8.97. The lowest BCUT2D eigenvalue weighted by Crippen LogP contribution is -2.30. The molecule has 1 aliphatic carbocycles. The SMILES string of the molecule is CC(C)(C)n1nc(C(=O)NC(CCO)c2ccccc2)cc1C1CC1. The maximum atomic E-state index is 12.8. The highest BCUT2D eigenvalue weighted by Gasteiger charge is 2.32. The summed E-state index contributed by atoms with van der Waals surface area (Å²) in [7, 11) is 0. The predicted molar refractivity (Wildman–Crippen MR) is 97.6 cm³/mol. The molecule has 1 fully saturated rings. The summed E-state index contributed by atoms with van der Waals surface area (Å²) in [6, 6.07) is 11.4. The van der Waals surface area contributed by atoms with Gasteiger partial charge in [-0.25, -0.2) is 0 Å². The average Bonchev–Trinajstić information content (AvgIpc) is 3.32. The summed E-state index contributed by atoms with van der Waals surface area (Å²) in [5.74, 6) is 0.336. The van der Waals surface area contributed by atoms with Crippen molar-refractivity contribution in [2.24, 2.45) is 0 Å². The van der Waals surface area contributed by atoms with Crippen LogP contribution < -0.4 is 5.32 Å². The Hall–Kier alpha value is -2.14. The third-order valence-corrected chi connectivity index (χ3v) is 4.53. The fourth-order valence-electron chi connectivity index (χ4n) is 3.08. The number of nitrogens with one attached hydrogen (secondary N) is 1. The van der Waals surface area contributed by atoms with Crippen LogP contribution in [-0.2, 0) is 5.54 Å². The van der Waals surface area contributed by atoms with Gasteiger partial charge in [0.15, 0.2) is 0 Å². The molecule has 0 aliphatic heterocycles. The molecule has 1 saturated carbocycles. The van der Waals surface area contributed by atoms with Gasteiger partial charge in [-0.2, -0.15) is 5.10 Å². The van der Waals surface area contributed by atoms with Crippen LogP contribution in [0.3, 0.4) is 0 Å². The minimum Gasteiger partial charge on any atom is -0.396 e. The maximum Gasteiger partial charge on any atom is 0.272 e. The van der Waals surface area contributed by atoms with Crippen LogP contribution in [-0.4, -0.2) is 27.4 Å². The van der Waals surface area contributed by atoms with Gasteiger partial charge in [-0.15, -0.1) is 0 Å². The number of aliphatic hydroxyl groups excluding tert-OH is 1.